The predicted octanol–water partition coefficient (Wildman–Crippen LogP) is -0.383. The average Bonchev–Trinajstić information content (AvgIpc) is 2.22. The Labute approximate surface area is 92.9 Å². The van der Waals surface area contributed by atoms with Crippen molar-refractivity contribution in [3.8, 4) is 11.6 Å². The maximum Gasteiger partial charge on any atom is 0.295 e. The molecule has 0 aliphatic heterocycles. The molecule has 0 radical (unpaired) electrons. The first-order chi connectivity index (χ1) is 7.40. The van der Waals surface area contributed by atoms with Crippen LogP contribution in [0.5, 0.6) is 11.6 Å². The molecule has 0 bridgehead atoms. The van der Waals surface area contributed by atoms with E-state index in [-0.39, 0.29) is 17.7 Å². The lowest BCUT2D eigenvalue weighted by Crippen LogP contribution is -2.21. The summed E-state index contributed by atoms with van der Waals surface area (Å²) in [4.78, 5) is 11.5. The fourth-order valence-electron chi connectivity index (χ4n) is 1.36. The molecule has 0 fully saturated rings. The molecule has 1 rings (SSSR count). The molecule has 7 heteroatoms. The van der Waals surface area contributed by atoms with E-state index in [4.69, 9.17) is 0 Å². The number of hydrogen-bond donors (Lipinski definition) is 2. The normalized spacial score (nSPS) is 10.1. The molecule has 0 atom stereocenters. The van der Waals surface area contributed by atoms with Crippen LogP contribution < -0.4 is 5.56 Å². The zero-order valence-corrected chi connectivity index (χ0v) is 9.58. The monoisotopic (exact) mass is 245 g/mol. The summed E-state index contributed by atoms with van der Waals surface area (Å²) in [7, 11) is -2.52. The zero-order chi connectivity index (χ0) is 12.5. The van der Waals surface area contributed by atoms with Gasteiger partial charge in [-0.15, -0.1) is 0 Å². The second kappa shape index (κ2) is 4.40. The van der Waals surface area contributed by atoms with Gasteiger partial charge in [0.2, 0.25) is 16.2 Å². The maximum atomic E-state index is 11.5. The summed E-state index contributed by atoms with van der Waals surface area (Å²) in [5.74, 6) is -1.02. The van der Waals surface area contributed by atoms with Crippen LogP contribution in [0.2, 0.25) is 0 Å². The molecule has 1 heterocycles. The van der Waals surface area contributed by atoms with Gasteiger partial charge in [0.05, 0.1) is 10.9 Å². The lowest BCUT2D eigenvalue weighted by Gasteiger charge is -2.11. The van der Waals surface area contributed by atoms with Crippen LogP contribution in [0.4, 0.5) is 0 Å². The van der Waals surface area contributed by atoms with Crippen molar-refractivity contribution in [3.05, 3.63) is 21.5 Å². The Kier molecular flexibility index (Phi) is 3.38. The Morgan fingerprint density at radius 3 is 2.38 bits per heavy atom. The quantitative estimate of drug-likeness (QED) is 0.692. The van der Waals surface area contributed by atoms with Crippen LogP contribution in [0.25, 0.3) is 0 Å². The molecule has 16 heavy (non-hydrogen) atoms. The maximum absolute atomic E-state index is 11.5. The lowest BCUT2D eigenvalue weighted by atomic mass is 10.1. The van der Waals surface area contributed by atoms with Crippen molar-refractivity contribution < 1.29 is 18.6 Å². The molecule has 0 spiro atoms. The summed E-state index contributed by atoms with van der Waals surface area (Å²) >= 11 is 0. The minimum absolute atomic E-state index is 0.0383. The summed E-state index contributed by atoms with van der Waals surface area (Å²) in [5.41, 5.74) is -0.782. The van der Waals surface area contributed by atoms with E-state index in [1.54, 1.807) is 6.92 Å². The second-order valence-corrected chi connectivity index (χ2v) is 3.90. The van der Waals surface area contributed by atoms with E-state index in [9.17, 15) is 23.4 Å². The van der Waals surface area contributed by atoms with Crippen LogP contribution in [-0.2, 0) is 16.8 Å². The Hall–Kier alpha value is -1.76. The Balaban J connectivity index is 3.83. The van der Waals surface area contributed by atoms with Gasteiger partial charge in [-0.3, -0.25) is 9.36 Å². The fourth-order valence-corrected chi connectivity index (χ4v) is 1.83. The third kappa shape index (κ3) is 1.94. The number of nitrogens with zero attached hydrogens (tertiary/aromatic N) is 1. The van der Waals surface area contributed by atoms with Gasteiger partial charge in [-0.05, 0) is 13.8 Å². The van der Waals surface area contributed by atoms with E-state index in [1.165, 1.54) is 6.92 Å². The summed E-state index contributed by atoms with van der Waals surface area (Å²) in [6.45, 7) is 3.08. The highest BCUT2D eigenvalue weighted by Crippen LogP contribution is 2.22. The molecule has 0 saturated carbocycles. The lowest BCUT2D eigenvalue weighted by molar-refractivity contribution is 0.393. The van der Waals surface area contributed by atoms with E-state index < -0.39 is 27.5 Å². The van der Waals surface area contributed by atoms with Crippen LogP contribution in [0.3, 0.4) is 0 Å². The Morgan fingerprint density at radius 1 is 1.38 bits per heavy atom. The molecule has 1 aromatic heterocycles. The van der Waals surface area contributed by atoms with E-state index >= 15 is 0 Å². The van der Waals surface area contributed by atoms with Crippen LogP contribution in [0.1, 0.15) is 18.1 Å². The van der Waals surface area contributed by atoms with Crippen LogP contribution in [0, 0.1) is 6.92 Å². The average molecular weight is 245 g/mol. The van der Waals surface area contributed by atoms with E-state index in [2.05, 4.69) is 0 Å². The van der Waals surface area contributed by atoms with Crippen molar-refractivity contribution in [2.45, 2.75) is 20.4 Å². The van der Waals surface area contributed by atoms with Gasteiger partial charge in [-0.1, -0.05) is 0 Å². The largest absolute Gasteiger partial charge is 0.503 e. The molecule has 1 aromatic rings. The van der Waals surface area contributed by atoms with Crippen LogP contribution in [-0.4, -0.2) is 28.6 Å². The Morgan fingerprint density at radius 2 is 1.94 bits per heavy atom. The first-order valence-electron chi connectivity index (χ1n) is 4.48. The Bertz CT molecular complexity index is 604. The molecule has 88 valence electrons. The summed E-state index contributed by atoms with van der Waals surface area (Å²) in [5, 5.41) is 19.9. The van der Waals surface area contributed by atoms with Crippen LogP contribution in [0.15, 0.2) is 4.79 Å². The van der Waals surface area contributed by atoms with Gasteiger partial charge in [0.15, 0.2) is 5.75 Å². The van der Waals surface area contributed by atoms with Gasteiger partial charge >= 0.3 is 0 Å². The minimum atomic E-state index is -2.52. The van der Waals surface area contributed by atoms with Gasteiger partial charge < -0.3 is 10.2 Å². The molecule has 0 aromatic carbocycles. The van der Waals surface area contributed by atoms with Gasteiger partial charge in [-0.2, -0.15) is 8.42 Å². The van der Waals surface area contributed by atoms with Gasteiger partial charge in [0.1, 0.15) is 0 Å². The molecule has 2 N–H and O–H groups in total. The molecule has 0 aliphatic rings. The molecular weight excluding hydrogens is 234 g/mol. The van der Waals surface area contributed by atoms with Crippen molar-refractivity contribution in [2.24, 2.45) is 0 Å². The highest BCUT2D eigenvalue weighted by molar-refractivity contribution is 7.71. The zero-order valence-electron chi connectivity index (χ0n) is 8.76. The smallest absolute Gasteiger partial charge is 0.295 e. The van der Waals surface area contributed by atoms with Crippen molar-refractivity contribution in [1.29, 1.82) is 0 Å². The number of hydrogen-bond acceptors (Lipinski definition) is 5. The van der Waals surface area contributed by atoms with E-state index in [0.29, 0.717) is 0 Å². The number of aromatic hydroxyl groups is 2. The third-order valence-electron chi connectivity index (χ3n) is 2.23. The fraction of sp³-hybridized carbons (Fsp3) is 0.333. The first-order valence-corrected chi connectivity index (χ1v) is 5.62. The highest BCUT2D eigenvalue weighted by atomic mass is 32.2. The number of pyridine rings is 1. The summed E-state index contributed by atoms with van der Waals surface area (Å²) in [6, 6.07) is 0. The van der Waals surface area contributed by atoms with Gasteiger partial charge in [0.25, 0.3) is 5.56 Å². The third-order valence-corrected chi connectivity index (χ3v) is 2.66. The predicted molar refractivity (Wildman–Crippen MR) is 58.5 cm³/mol. The summed E-state index contributed by atoms with van der Waals surface area (Å²) < 4.78 is 22.0. The molecule has 0 saturated heterocycles. The van der Waals surface area contributed by atoms with Crippen molar-refractivity contribution in [1.82, 2.24) is 4.57 Å². The van der Waals surface area contributed by atoms with Gasteiger partial charge in [0, 0.05) is 12.1 Å². The topological polar surface area (TPSA) is 96.6 Å². The van der Waals surface area contributed by atoms with Crippen molar-refractivity contribution in [3.63, 3.8) is 0 Å². The van der Waals surface area contributed by atoms with Crippen LogP contribution >= 0.6 is 0 Å². The second-order valence-electron chi connectivity index (χ2n) is 3.14. The number of aromatic nitrogens is 1. The SMILES string of the molecule is CCn1c(O)c(C=S(=O)=O)c(C)c(O)c1=O. The van der Waals surface area contributed by atoms with E-state index in [0.717, 1.165) is 9.93 Å². The number of rotatable bonds is 2. The standard InChI is InChI=1S/C9H11NO5S/c1-3-10-8(12)6(4-16(14)15)5(2)7(11)9(10)13/h4,11-12H,3H2,1-2H3. The highest BCUT2D eigenvalue weighted by Gasteiger charge is 2.16. The van der Waals surface area contributed by atoms with Crippen molar-refractivity contribution in [2.75, 3.05) is 0 Å². The van der Waals surface area contributed by atoms with E-state index in [1.807, 2.05) is 0 Å². The molecule has 6 nitrogen and oxygen atoms in total. The van der Waals surface area contributed by atoms with Gasteiger partial charge in [-0.25, -0.2) is 0 Å². The molecule has 0 unspecified atom stereocenters. The molecular formula is C9H11NO5S. The first kappa shape index (κ1) is 12.3. The molecule has 0 aliphatic carbocycles. The summed E-state index contributed by atoms with van der Waals surface area (Å²) in [6.07, 6.45) is 0. The molecule has 0 amide bonds. The minimum Gasteiger partial charge on any atom is -0.503 e. The van der Waals surface area contributed by atoms with Crippen molar-refractivity contribution >= 4 is 15.7 Å².